The zero-order chi connectivity index (χ0) is 10.7. The Kier molecular flexibility index (Phi) is 2.96. The lowest BCUT2D eigenvalue weighted by Gasteiger charge is -2.10. The quantitative estimate of drug-likeness (QED) is 0.668. The number of benzene rings is 1. The summed E-state index contributed by atoms with van der Waals surface area (Å²) < 4.78 is 13.1. The Hall–Kier alpha value is -1.71. The molecule has 1 aromatic carbocycles. The van der Waals surface area contributed by atoms with Crippen molar-refractivity contribution in [1.29, 1.82) is 0 Å². The highest BCUT2D eigenvalue weighted by molar-refractivity contribution is 5.94. The average Bonchev–Trinajstić information content (AvgIpc) is 2.16. The third-order valence-corrected chi connectivity index (χ3v) is 1.78. The number of carbonyl (C=O) groups excluding carboxylic acids is 2. The molecule has 0 saturated carbocycles. The van der Waals surface area contributed by atoms with Crippen LogP contribution in [0.1, 0.15) is 20.7 Å². The number of rotatable bonds is 2. The summed E-state index contributed by atoms with van der Waals surface area (Å²) in [5.41, 5.74) is 0.193. The minimum atomic E-state index is -0.673. The van der Waals surface area contributed by atoms with Gasteiger partial charge in [-0.15, -0.1) is 0 Å². The fraction of sp³-hybridized carbons (Fsp3) is 0.200. The van der Waals surface area contributed by atoms with Crippen LogP contribution in [0.2, 0.25) is 0 Å². The molecule has 1 amide bonds. The van der Waals surface area contributed by atoms with Crippen LogP contribution in [0, 0.1) is 5.82 Å². The molecule has 0 unspecified atom stereocenters. The molecule has 0 bridgehead atoms. The topological polar surface area (TPSA) is 37.4 Å². The Bertz CT molecular complexity index is 374. The minimum absolute atomic E-state index is 0.0414. The fourth-order valence-corrected chi connectivity index (χ4v) is 1.01. The molecule has 74 valence electrons. The average molecular weight is 195 g/mol. The van der Waals surface area contributed by atoms with E-state index in [-0.39, 0.29) is 17.0 Å². The fourth-order valence-electron chi connectivity index (χ4n) is 1.01. The SMILES string of the molecule is CN(C)C(=O)c1ccc(C=O)c(F)c1. The van der Waals surface area contributed by atoms with Gasteiger partial charge in [0.2, 0.25) is 0 Å². The van der Waals surface area contributed by atoms with Crippen LogP contribution >= 0.6 is 0 Å². The van der Waals surface area contributed by atoms with Gasteiger partial charge in [0, 0.05) is 19.7 Å². The predicted octanol–water partition coefficient (Wildman–Crippen LogP) is 1.34. The molecule has 4 heteroatoms. The molecule has 0 N–H and O–H groups in total. The molecule has 0 atom stereocenters. The lowest BCUT2D eigenvalue weighted by Crippen LogP contribution is -2.21. The van der Waals surface area contributed by atoms with Gasteiger partial charge in [-0.1, -0.05) is 0 Å². The van der Waals surface area contributed by atoms with Crippen molar-refractivity contribution < 1.29 is 14.0 Å². The van der Waals surface area contributed by atoms with Gasteiger partial charge < -0.3 is 4.90 Å². The maximum Gasteiger partial charge on any atom is 0.253 e. The summed E-state index contributed by atoms with van der Waals surface area (Å²) in [6.07, 6.45) is 0.416. The number of carbonyl (C=O) groups is 2. The zero-order valence-corrected chi connectivity index (χ0v) is 7.95. The normalized spacial score (nSPS) is 9.64. The summed E-state index contributed by atoms with van der Waals surface area (Å²) in [5.74, 6) is -0.964. The molecule has 1 rings (SSSR count). The van der Waals surface area contributed by atoms with Crippen LogP contribution in [0.15, 0.2) is 18.2 Å². The van der Waals surface area contributed by atoms with Gasteiger partial charge in [0.1, 0.15) is 5.82 Å². The van der Waals surface area contributed by atoms with E-state index in [1.165, 1.54) is 17.0 Å². The van der Waals surface area contributed by atoms with Gasteiger partial charge in [-0.2, -0.15) is 0 Å². The van der Waals surface area contributed by atoms with E-state index in [0.29, 0.717) is 6.29 Å². The van der Waals surface area contributed by atoms with E-state index in [0.717, 1.165) is 6.07 Å². The molecule has 0 aliphatic heterocycles. The molecule has 3 nitrogen and oxygen atoms in total. The van der Waals surface area contributed by atoms with Crippen molar-refractivity contribution in [2.75, 3.05) is 14.1 Å². The molecule has 0 radical (unpaired) electrons. The summed E-state index contributed by atoms with van der Waals surface area (Å²) in [4.78, 5) is 23.0. The second kappa shape index (κ2) is 4.00. The summed E-state index contributed by atoms with van der Waals surface area (Å²) in [5, 5.41) is 0. The minimum Gasteiger partial charge on any atom is -0.345 e. The number of aldehydes is 1. The lowest BCUT2D eigenvalue weighted by atomic mass is 10.1. The van der Waals surface area contributed by atoms with Crippen molar-refractivity contribution in [2.45, 2.75) is 0 Å². The highest BCUT2D eigenvalue weighted by Gasteiger charge is 2.10. The van der Waals surface area contributed by atoms with Crippen molar-refractivity contribution in [3.05, 3.63) is 35.1 Å². The van der Waals surface area contributed by atoms with Gasteiger partial charge in [-0.3, -0.25) is 9.59 Å². The molecule has 0 spiro atoms. The standard InChI is InChI=1S/C10H10FNO2/c1-12(2)10(14)7-3-4-8(6-13)9(11)5-7/h3-6H,1-2H3. The van der Waals surface area contributed by atoms with Crippen molar-refractivity contribution in [2.24, 2.45) is 0 Å². The van der Waals surface area contributed by atoms with Crippen molar-refractivity contribution in [3.8, 4) is 0 Å². The van der Waals surface area contributed by atoms with Crippen molar-refractivity contribution in [3.63, 3.8) is 0 Å². The van der Waals surface area contributed by atoms with E-state index in [4.69, 9.17) is 0 Å². The van der Waals surface area contributed by atoms with Gasteiger partial charge in [-0.05, 0) is 18.2 Å². The van der Waals surface area contributed by atoms with Crippen LogP contribution in [0.5, 0.6) is 0 Å². The van der Waals surface area contributed by atoms with Crippen LogP contribution in [0.3, 0.4) is 0 Å². The molecule has 0 aliphatic carbocycles. The number of amides is 1. The first kappa shape index (κ1) is 10.4. The van der Waals surface area contributed by atoms with Crippen LogP contribution in [-0.4, -0.2) is 31.2 Å². The first-order chi connectivity index (χ1) is 6.56. The van der Waals surface area contributed by atoms with Crippen LogP contribution < -0.4 is 0 Å². The van der Waals surface area contributed by atoms with E-state index in [9.17, 15) is 14.0 Å². The molecule has 0 fully saturated rings. The molecule has 14 heavy (non-hydrogen) atoms. The summed E-state index contributed by atoms with van der Waals surface area (Å²) in [6.45, 7) is 0. The maximum atomic E-state index is 13.1. The highest BCUT2D eigenvalue weighted by Crippen LogP contribution is 2.09. The molecule has 0 aliphatic rings. The van der Waals surface area contributed by atoms with Gasteiger partial charge >= 0.3 is 0 Å². The van der Waals surface area contributed by atoms with Crippen molar-refractivity contribution in [1.82, 2.24) is 4.90 Å². The summed E-state index contributed by atoms with van der Waals surface area (Å²) in [6, 6.07) is 3.78. The predicted molar refractivity (Wildman–Crippen MR) is 49.8 cm³/mol. The van der Waals surface area contributed by atoms with E-state index >= 15 is 0 Å². The Morgan fingerprint density at radius 3 is 2.50 bits per heavy atom. The van der Waals surface area contributed by atoms with E-state index in [2.05, 4.69) is 0 Å². The Morgan fingerprint density at radius 2 is 2.07 bits per heavy atom. The second-order valence-corrected chi connectivity index (χ2v) is 3.05. The summed E-state index contributed by atoms with van der Waals surface area (Å²) in [7, 11) is 3.15. The highest BCUT2D eigenvalue weighted by atomic mass is 19.1. The van der Waals surface area contributed by atoms with Crippen LogP contribution in [0.25, 0.3) is 0 Å². The van der Waals surface area contributed by atoms with Gasteiger partial charge in [0.15, 0.2) is 6.29 Å². The third kappa shape index (κ3) is 1.96. The molecular formula is C10H10FNO2. The number of nitrogens with zero attached hydrogens (tertiary/aromatic N) is 1. The number of hydrogen-bond acceptors (Lipinski definition) is 2. The molecule has 0 heterocycles. The number of hydrogen-bond donors (Lipinski definition) is 0. The van der Waals surface area contributed by atoms with Crippen LogP contribution in [0.4, 0.5) is 4.39 Å². The second-order valence-electron chi connectivity index (χ2n) is 3.05. The first-order valence-corrected chi connectivity index (χ1v) is 4.02. The third-order valence-electron chi connectivity index (χ3n) is 1.78. The molecule has 0 saturated heterocycles. The van der Waals surface area contributed by atoms with E-state index < -0.39 is 5.82 Å². The van der Waals surface area contributed by atoms with E-state index in [1.54, 1.807) is 14.1 Å². The van der Waals surface area contributed by atoms with Crippen molar-refractivity contribution >= 4 is 12.2 Å². The Morgan fingerprint density at radius 1 is 1.43 bits per heavy atom. The van der Waals surface area contributed by atoms with Gasteiger partial charge in [-0.25, -0.2) is 4.39 Å². The smallest absolute Gasteiger partial charge is 0.253 e. The molecule has 0 aromatic heterocycles. The zero-order valence-electron chi connectivity index (χ0n) is 7.95. The first-order valence-electron chi connectivity index (χ1n) is 4.02. The van der Waals surface area contributed by atoms with Gasteiger partial charge in [0.25, 0.3) is 5.91 Å². The van der Waals surface area contributed by atoms with Crippen LogP contribution in [-0.2, 0) is 0 Å². The largest absolute Gasteiger partial charge is 0.345 e. The van der Waals surface area contributed by atoms with Gasteiger partial charge in [0.05, 0.1) is 5.56 Å². The molecular weight excluding hydrogens is 185 g/mol. The molecule has 1 aromatic rings. The monoisotopic (exact) mass is 195 g/mol. The lowest BCUT2D eigenvalue weighted by molar-refractivity contribution is 0.0826. The Labute approximate surface area is 81.1 Å². The van der Waals surface area contributed by atoms with E-state index in [1.807, 2.05) is 0 Å². The maximum absolute atomic E-state index is 13.1. The summed E-state index contributed by atoms with van der Waals surface area (Å²) >= 11 is 0. The Balaban J connectivity index is 3.08. The number of halogens is 1.